The normalized spacial score (nSPS) is 10.9. The van der Waals surface area contributed by atoms with Gasteiger partial charge in [-0.2, -0.15) is 4.57 Å². The third-order valence-electron chi connectivity index (χ3n) is 2.78. The van der Waals surface area contributed by atoms with Crippen molar-refractivity contribution in [3.63, 3.8) is 0 Å². The van der Waals surface area contributed by atoms with E-state index in [1.54, 1.807) is 17.4 Å². The fourth-order valence-corrected chi connectivity index (χ4v) is 2.80. The van der Waals surface area contributed by atoms with Crippen LogP contribution in [-0.2, 0) is 6.54 Å². The number of benzene rings is 2. The van der Waals surface area contributed by atoms with Crippen molar-refractivity contribution >= 4 is 21.6 Å². The zero-order chi connectivity index (χ0) is 11.7. The molecule has 3 heteroatoms. The third kappa shape index (κ3) is 1.94. The molecule has 0 aliphatic heterocycles. The summed E-state index contributed by atoms with van der Waals surface area (Å²) in [5.74, 6) is -0.143. The van der Waals surface area contributed by atoms with Gasteiger partial charge in [0.25, 0.3) is 0 Å². The summed E-state index contributed by atoms with van der Waals surface area (Å²) in [6.07, 6.45) is 0. The molecule has 0 unspecified atom stereocenters. The molecule has 0 aliphatic rings. The van der Waals surface area contributed by atoms with Gasteiger partial charge in [-0.25, -0.2) is 4.39 Å². The van der Waals surface area contributed by atoms with Crippen molar-refractivity contribution in [3.05, 3.63) is 65.4 Å². The average molecular weight is 244 g/mol. The number of hydrogen-bond donors (Lipinski definition) is 0. The van der Waals surface area contributed by atoms with Crippen LogP contribution < -0.4 is 4.57 Å². The molecule has 1 nitrogen and oxygen atoms in total. The number of thiazole rings is 1. The van der Waals surface area contributed by atoms with Crippen molar-refractivity contribution in [2.45, 2.75) is 6.54 Å². The molecule has 0 bridgehead atoms. The first-order valence-corrected chi connectivity index (χ1v) is 6.31. The van der Waals surface area contributed by atoms with E-state index in [0.29, 0.717) is 6.54 Å². The van der Waals surface area contributed by atoms with Gasteiger partial charge in [0.05, 0.1) is 5.56 Å². The summed E-state index contributed by atoms with van der Waals surface area (Å²) in [6, 6.07) is 15.1. The van der Waals surface area contributed by atoms with Crippen molar-refractivity contribution in [1.29, 1.82) is 0 Å². The Kier molecular flexibility index (Phi) is 2.61. The van der Waals surface area contributed by atoms with E-state index in [1.165, 1.54) is 10.8 Å². The molecule has 3 rings (SSSR count). The van der Waals surface area contributed by atoms with Gasteiger partial charge < -0.3 is 0 Å². The Balaban J connectivity index is 2.03. The molecule has 1 heterocycles. The summed E-state index contributed by atoms with van der Waals surface area (Å²) in [5.41, 5.74) is 3.92. The Bertz CT molecular complexity index is 660. The number of nitrogens with zero attached hydrogens (tertiary/aromatic N) is 1. The lowest BCUT2D eigenvalue weighted by Gasteiger charge is -1.97. The second kappa shape index (κ2) is 4.26. The van der Waals surface area contributed by atoms with Crippen LogP contribution in [0.1, 0.15) is 5.56 Å². The molecule has 0 amide bonds. The zero-order valence-electron chi connectivity index (χ0n) is 9.14. The second-order valence-corrected chi connectivity index (χ2v) is 4.80. The lowest BCUT2D eigenvalue weighted by atomic mass is 10.2. The van der Waals surface area contributed by atoms with Gasteiger partial charge in [-0.1, -0.05) is 35.6 Å². The molecule has 0 spiro atoms. The van der Waals surface area contributed by atoms with Gasteiger partial charge in [0.15, 0.2) is 6.54 Å². The van der Waals surface area contributed by atoms with E-state index < -0.39 is 0 Å². The van der Waals surface area contributed by atoms with Crippen LogP contribution in [0.4, 0.5) is 4.39 Å². The van der Waals surface area contributed by atoms with Crippen molar-refractivity contribution in [3.8, 4) is 0 Å². The molecule has 17 heavy (non-hydrogen) atoms. The SMILES string of the molecule is Fc1ccccc1C[n+]1csc2ccccc21. The number of aromatic nitrogens is 1. The van der Waals surface area contributed by atoms with Crippen LogP contribution in [-0.4, -0.2) is 0 Å². The number of fused-ring (bicyclic) bond motifs is 1. The minimum Gasteiger partial charge on any atom is -0.206 e. The van der Waals surface area contributed by atoms with E-state index in [1.807, 2.05) is 29.8 Å². The fraction of sp³-hybridized carbons (Fsp3) is 0.0714. The maximum atomic E-state index is 13.6. The Hall–Kier alpha value is -1.74. The molecule has 2 aromatic carbocycles. The van der Waals surface area contributed by atoms with Crippen LogP contribution in [0.25, 0.3) is 10.2 Å². The zero-order valence-corrected chi connectivity index (χ0v) is 9.95. The molecular weight excluding hydrogens is 233 g/mol. The molecule has 0 fully saturated rings. The van der Waals surface area contributed by atoms with Crippen molar-refractivity contribution in [2.75, 3.05) is 0 Å². The minimum atomic E-state index is -0.143. The smallest absolute Gasteiger partial charge is 0.206 e. The van der Waals surface area contributed by atoms with Crippen LogP contribution in [0.3, 0.4) is 0 Å². The largest absolute Gasteiger partial charge is 0.226 e. The van der Waals surface area contributed by atoms with E-state index in [9.17, 15) is 4.39 Å². The first kappa shape index (κ1) is 10.4. The molecule has 0 radical (unpaired) electrons. The van der Waals surface area contributed by atoms with Gasteiger partial charge in [-0.15, -0.1) is 0 Å². The molecule has 0 N–H and O–H groups in total. The van der Waals surface area contributed by atoms with Crippen LogP contribution in [0.2, 0.25) is 0 Å². The summed E-state index contributed by atoms with van der Waals surface area (Å²) in [5, 5.41) is 0. The molecule has 3 aromatic rings. The molecule has 0 saturated carbocycles. The maximum absolute atomic E-state index is 13.6. The number of rotatable bonds is 2. The quantitative estimate of drug-likeness (QED) is 0.608. The topological polar surface area (TPSA) is 3.88 Å². The highest BCUT2D eigenvalue weighted by atomic mass is 32.1. The molecule has 0 saturated heterocycles. The summed E-state index contributed by atoms with van der Waals surface area (Å²) in [7, 11) is 0. The molecule has 0 atom stereocenters. The molecule has 1 aromatic heterocycles. The number of para-hydroxylation sites is 1. The van der Waals surface area contributed by atoms with E-state index in [-0.39, 0.29) is 5.82 Å². The van der Waals surface area contributed by atoms with Crippen molar-refractivity contribution < 1.29 is 8.96 Å². The van der Waals surface area contributed by atoms with Crippen molar-refractivity contribution in [2.24, 2.45) is 0 Å². The second-order valence-electron chi connectivity index (χ2n) is 3.91. The van der Waals surface area contributed by atoms with Crippen LogP contribution in [0.15, 0.2) is 54.0 Å². The van der Waals surface area contributed by atoms with Gasteiger partial charge in [-0.05, 0) is 18.2 Å². The third-order valence-corrected chi connectivity index (χ3v) is 3.74. The van der Waals surface area contributed by atoms with Gasteiger partial charge in [-0.3, -0.25) is 0 Å². The predicted molar refractivity (Wildman–Crippen MR) is 67.5 cm³/mol. The average Bonchev–Trinajstić information content (AvgIpc) is 2.76. The highest BCUT2D eigenvalue weighted by Crippen LogP contribution is 2.16. The van der Waals surface area contributed by atoms with E-state index in [4.69, 9.17) is 0 Å². The summed E-state index contributed by atoms with van der Waals surface area (Å²) < 4.78 is 16.9. The molecule has 84 valence electrons. The monoisotopic (exact) mass is 244 g/mol. The maximum Gasteiger partial charge on any atom is 0.226 e. The number of halogens is 1. The Morgan fingerprint density at radius 3 is 2.65 bits per heavy atom. The standard InChI is InChI=1S/C14H11FNS/c15-12-6-2-1-5-11(12)9-16-10-17-14-8-4-3-7-13(14)16/h1-8,10H,9H2/q+1. The van der Waals surface area contributed by atoms with E-state index in [0.717, 1.165) is 11.1 Å². The van der Waals surface area contributed by atoms with E-state index in [2.05, 4.69) is 16.7 Å². The Morgan fingerprint density at radius 1 is 1.00 bits per heavy atom. The van der Waals surface area contributed by atoms with Crippen molar-refractivity contribution in [1.82, 2.24) is 0 Å². The summed E-state index contributed by atoms with van der Waals surface area (Å²) in [4.78, 5) is 0. The Morgan fingerprint density at radius 2 is 1.76 bits per heavy atom. The first-order valence-electron chi connectivity index (χ1n) is 5.44. The van der Waals surface area contributed by atoms with Gasteiger partial charge in [0, 0.05) is 6.07 Å². The molecule has 0 aliphatic carbocycles. The minimum absolute atomic E-state index is 0.143. The van der Waals surface area contributed by atoms with Gasteiger partial charge in [0.2, 0.25) is 11.0 Å². The van der Waals surface area contributed by atoms with E-state index >= 15 is 0 Å². The van der Waals surface area contributed by atoms with Crippen LogP contribution >= 0.6 is 11.3 Å². The highest BCUT2D eigenvalue weighted by Gasteiger charge is 2.13. The number of hydrogen-bond acceptors (Lipinski definition) is 1. The van der Waals surface area contributed by atoms with Crippen LogP contribution in [0, 0.1) is 5.82 Å². The van der Waals surface area contributed by atoms with Gasteiger partial charge in [0.1, 0.15) is 10.5 Å². The predicted octanol–water partition coefficient (Wildman–Crippen LogP) is 3.38. The van der Waals surface area contributed by atoms with Crippen LogP contribution in [0.5, 0.6) is 0 Å². The first-order chi connectivity index (χ1) is 8.34. The summed E-state index contributed by atoms with van der Waals surface area (Å²) >= 11 is 1.68. The fourth-order valence-electron chi connectivity index (χ4n) is 1.90. The molecular formula is C14H11FNS+. The highest BCUT2D eigenvalue weighted by molar-refractivity contribution is 7.16. The lowest BCUT2D eigenvalue weighted by Crippen LogP contribution is -2.32. The lowest BCUT2D eigenvalue weighted by molar-refractivity contribution is -0.658. The summed E-state index contributed by atoms with van der Waals surface area (Å²) in [6.45, 7) is 0.580. The Labute approximate surface area is 103 Å². The van der Waals surface area contributed by atoms with Gasteiger partial charge >= 0.3 is 0 Å².